The molecule has 1 atom stereocenters. The number of amides is 1. The number of benzene rings is 1. The first-order valence-electron chi connectivity index (χ1n) is 7.12. The Bertz CT molecular complexity index is 481. The van der Waals surface area contributed by atoms with Gasteiger partial charge < -0.3 is 20.5 Å². The molecule has 0 unspecified atom stereocenters. The van der Waals surface area contributed by atoms with E-state index >= 15 is 0 Å². The summed E-state index contributed by atoms with van der Waals surface area (Å²) in [4.78, 5) is 12.0. The summed E-state index contributed by atoms with van der Waals surface area (Å²) in [5.41, 5.74) is 6.59. The highest BCUT2D eigenvalue weighted by atomic mass is 16.5. The number of hydrogen-bond acceptors (Lipinski definition) is 4. The zero-order valence-electron chi connectivity index (χ0n) is 13.5. The average molecular weight is 294 g/mol. The molecule has 21 heavy (non-hydrogen) atoms. The van der Waals surface area contributed by atoms with Crippen LogP contribution < -0.4 is 20.5 Å². The van der Waals surface area contributed by atoms with E-state index in [9.17, 15) is 4.79 Å². The summed E-state index contributed by atoms with van der Waals surface area (Å²) >= 11 is 0. The van der Waals surface area contributed by atoms with Gasteiger partial charge in [-0.15, -0.1) is 0 Å². The minimum Gasteiger partial charge on any atom is -0.493 e. The van der Waals surface area contributed by atoms with Crippen molar-refractivity contribution in [2.75, 3.05) is 13.7 Å². The molecule has 5 heteroatoms. The molecule has 0 saturated carbocycles. The Labute approximate surface area is 126 Å². The minimum atomic E-state index is -0.540. The van der Waals surface area contributed by atoms with Crippen LogP contribution in [0.5, 0.6) is 11.5 Å². The average Bonchev–Trinajstić information content (AvgIpc) is 2.44. The van der Waals surface area contributed by atoms with E-state index in [2.05, 4.69) is 5.32 Å². The van der Waals surface area contributed by atoms with Gasteiger partial charge in [-0.1, -0.05) is 26.8 Å². The van der Waals surface area contributed by atoms with E-state index in [-0.39, 0.29) is 11.3 Å². The van der Waals surface area contributed by atoms with Crippen LogP contribution in [0, 0.1) is 5.41 Å². The molecule has 0 bridgehead atoms. The summed E-state index contributed by atoms with van der Waals surface area (Å²) in [6.07, 6.45) is 0. The maximum atomic E-state index is 12.0. The fourth-order valence-corrected chi connectivity index (χ4v) is 1.79. The van der Waals surface area contributed by atoms with Crippen molar-refractivity contribution in [2.45, 2.75) is 40.3 Å². The monoisotopic (exact) mass is 294 g/mol. The SMILES string of the molecule is CCOc1ccc(CNC(=O)[C@@H](N)C(C)(C)C)cc1OC. The molecule has 1 amide bonds. The summed E-state index contributed by atoms with van der Waals surface area (Å²) in [7, 11) is 1.59. The number of hydrogen-bond donors (Lipinski definition) is 2. The summed E-state index contributed by atoms with van der Waals surface area (Å²) in [6, 6.07) is 5.06. The summed E-state index contributed by atoms with van der Waals surface area (Å²) < 4.78 is 10.7. The molecule has 5 nitrogen and oxygen atoms in total. The lowest BCUT2D eigenvalue weighted by atomic mass is 9.87. The van der Waals surface area contributed by atoms with Gasteiger partial charge in [-0.2, -0.15) is 0 Å². The maximum Gasteiger partial charge on any atom is 0.237 e. The quantitative estimate of drug-likeness (QED) is 0.842. The molecule has 0 saturated heterocycles. The van der Waals surface area contributed by atoms with Crippen molar-refractivity contribution in [2.24, 2.45) is 11.1 Å². The van der Waals surface area contributed by atoms with Gasteiger partial charge >= 0.3 is 0 Å². The first-order valence-corrected chi connectivity index (χ1v) is 7.12. The van der Waals surface area contributed by atoms with Crippen LogP contribution in [0.2, 0.25) is 0 Å². The summed E-state index contributed by atoms with van der Waals surface area (Å²) in [5, 5.41) is 2.85. The molecule has 118 valence electrons. The molecule has 1 aromatic carbocycles. The lowest BCUT2D eigenvalue weighted by molar-refractivity contribution is -0.124. The van der Waals surface area contributed by atoms with Crippen molar-refractivity contribution in [1.82, 2.24) is 5.32 Å². The molecule has 0 fully saturated rings. The largest absolute Gasteiger partial charge is 0.493 e. The van der Waals surface area contributed by atoms with Crippen molar-refractivity contribution in [3.63, 3.8) is 0 Å². The number of rotatable bonds is 6. The van der Waals surface area contributed by atoms with E-state index in [1.165, 1.54) is 0 Å². The van der Waals surface area contributed by atoms with Gasteiger partial charge in [0.05, 0.1) is 19.8 Å². The maximum absolute atomic E-state index is 12.0. The molecule has 1 aromatic rings. The van der Waals surface area contributed by atoms with E-state index in [1.54, 1.807) is 7.11 Å². The molecule has 0 aliphatic carbocycles. The molecule has 0 aromatic heterocycles. The van der Waals surface area contributed by atoms with E-state index in [1.807, 2.05) is 45.9 Å². The lowest BCUT2D eigenvalue weighted by Gasteiger charge is -2.25. The Balaban J connectivity index is 2.70. The van der Waals surface area contributed by atoms with Gasteiger partial charge in [0.1, 0.15) is 0 Å². The number of nitrogens with one attached hydrogen (secondary N) is 1. The number of ether oxygens (including phenoxy) is 2. The standard InChI is InChI=1S/C16H26N2O3/c1-6-21-12-8-7-11(9-13(12)20-5)10-18-15(19)14(17)16(2,3)4/h7-9,14H,6,10,17H2,1-5H3,(H,18,19)/t14-/m1/s1. The first-order chi connectivity index (χ1) is 9.79. The summed E-state index contributed by atoms with van der Waals surface area (Å²) in [6.45, 7) is 8.73. The normalized spacial score (nSPS) is 12.7. The predicted octanol–water partition coefficient (Wildman–Crippen LogP) is 2.08. The van der Waals surface area contributed by atoms with Gasteiger partial charge in [0.2, 0.25) is 5.91 Å². The second-order valence-electron chi connectivity index (χ2n) is 5.98. The fourth-order valence-electron chi connectivity index (χ4n) is 1.79. The number of carbonyl (C=O) groups excluding carboxylic acids is 1. The third-order valence-electron chi connectivity index (χ3n) is 3.21. The van der Waals surface area contributed by atoms with Gasteiger partial charge in [0.15, 0.2) is 11.5 Å². The van der Waals surface area contributed by atoms with Crippen molar-refractivity contribution in [3.8, 4) is 11.5 Å². The molecular formula is C16H26N2O3. The van der Waals surface area contributed by atoms with Crippen LogP contribution in [-0.2, 0) is 11.3 Å². The topological polar surface area (TPSA) is 73.6 Å². The molecule has 1 rings (SSSR count). The third kappa shape index (κ3) is 4.93. The fraction of sp³-hybridized carbons (Fsp3) is 0.562. The van der Waals surface area contributed by atoms with Crippen molar-refractivity contribution in [3.05, 3.63) is 23.8 Å². The van der Waals surface area contributed by atoms with E-state index in [4.69, 9.17) is 15.2 Å². The van der Waals surface area contributed by atoms with Crippen molar-refractivity contribution < 1.29 is 14.3 Å². The second kappa shape index (κ2) is 7.31. The molecular weight excluding hydrogens is 268 g/mol. The number of carbonyl (C=O) groups is 1. The van der Waals surface area contributed by atoms with Gasteiger partial charge in [-0.05, 0) is 30.0 Å². The molecule has 0 aliphatic heterocycles. The van der Waals surface area contributed by atoms with Gasteiger partial charge in [0.25, 0.3) is 0 Å². The van der Waals surface area contributed by atoms with Crippen molar-refractivity contribution in [1.29, 1.82) is 0 Å². The minimum absolute atomic E-state index is 0.157. The number of methoxy groups -OCH3 is 1. The smallest absolute Gasteiger partial charge is 0.237 e. The molecule has 0 aliphatic rings. The Morgan fingerprint density at radius 1 is 1.33 bits per heavy atom. The molecule has 3 N–H and O–H groups in total. The van der Waals surface area contributed by atoms with Crippen LogP contribution in [-0.4, -0.2) is 25.7 Å². The predicted molar refractivity (Wildman–Crippen MR) is 83.4 cm³/mol. The van der Waals surface area contributed by atoms with Crippen molar-refractivity contribution >= 4 is 5.91 Å². The van der Waals surface area contributed by atoms with E-state index < -0.39 is 6.04 Å². The lowest BCUT2D eigenvalue weighted by Crippen LogP contribution is -2.48. The highest BCUT2D eigenvalue weighted by Crippen LogP contribution is 2.28. The zero-order chi connectivity index (χ0) is 16.0. The first kappa shape index (κ1) is 17.3. The second-order valence-corrected chi connectivity index (χ2v) is 5.98. The van der Waals surface area contributed by atoms with Crippen LogP contribution in [0.15, 0.2) is 18.2 Å². The summed E-state index contributed by atoms with van der Waals surface area (Å²) in [5.74, 6) is 1.19. The highest BCUT2D eigenvalue weighted by Gasteiger charge is 2.27. The Morgan fingerprint density at radius 2 is 2.00 bits per heavy atom. The van der Waals surface area contributed by atoms with E-state index in [0.29, 0.717) is 24.7 Å². The van der Waals surface area contributed by atoms with Crippen LogP contribution >= 0.6 is 0 Å². The molecule has 0 heterocycles. The Morgan fingerprint density at radius 3 is 2.52 bits per heavy atom. The van der Waals surface area contributed by atoms with Crippen LogP contribution in [0.4, 0.5) is 0 Å². The number of nitrogens with two attached hydrogens (primary N) is 1. The molecule has 0 radical (unpaired) electrons. The van der Waals surface area contributed by atoms with Crippen LogP contribution in [0.3, 0.4) is 0 Å². The molecule has 0 spiro atoms. The third-order valence-corrected chi connectivity index (χ3v) is 3.21. The Kier molecular flexibility index (Phi) is 6.03. The van der Waals surface area contributed by atoms with Crippen LogP contribution in [0.25, 0.3) is 0 Å². The van der Waals surface area contributed by atoms with E-state index in [0.717, 1.165) is 5.56 Å². The zero-order valence-corrected chi connectivity index (χ0v) is 13.5. The van der Waals surface area contributed by atoms with Gasteiger partial charge in [-0.3, -0.25) is 4.79 Å². The van der Waals surface area contributed by atoms with Gasteiger partial charge in [-0.25, -0.2) is 0 Å². The Hall–Kier alpha value is -1.75. The van der Waals surface area contributed by atoms with Crippen LogP contribution in [0.1, 0.15) is 33.3 Å². The van der Waals surface area contributed by atoms with Gasteiger partial charge in [0, 0.05) is 6.54 Å². The highest BCUT2D eigenvalue weighted by molar-refractivity contribution is 5.82.